The van der Waals surface area contributed by atoms with Gasteiger partial charge < -0.3 is 0 Å². The summed E-state index contributed by atoms with van der Waals surface area (Å²) in [6, 6.07) is 0. The highest BCUT2D eigenvalue weighted by Gasteiger charge is 2.15. The van der Waals surface area contributed by atoms with Gasteiger partial charge in [-0.2, -0.15) is 0 Å². The Labute approximate surface area is 71.7 Å². The van der Waals surface area contributed by atoms with Gasteiger partial charge in [-0.05, 0) is 18.6 Å². The lowest BCUT2D eigenvalue weighted by atomic mass is 9.92. The molecule has 0 amide bonds. The fourth-order valence-corrected chi connectivity index (χ4v) is 1.37. The summed E-state index contributed by atoms with van der Waals surface area (Å²) in [6.45, 7) is 2.08. The van der Waals surface area contributed by atoms with Crippen LogP contribution in [0, 0.1) is 5.92 Å². The van der Waals surface area contributed by atoms with Gasteiger partial charge in [-0.15, -0.1) is 0 Å². The molecule has 1 unspecified atom stereocenters. The highest BCUT2D eigenvalue weighted by atomic mass is 14.9. The average molecular weight is 158 g/mol. The van der Waals surface area contributed by atoms with Gasteiger partial charge in [-0.3, -0.25) is 0 Å². The Morgan fingerprint density at radius 3 is 3.17 bits per heavy atom. The smallest absolute Gasteiger partial charge is 0.115 e. The van der Waals surface area contributed by atoms with Crippen molar-refractivity contribution in [2.45, 2.75) is 6.92 Å². The minimum Gasteiger partial charge on any atom is -0.245 e. The molecule has 2 rings (SSSR count). The number of hydrogen-bond acceptors (Lipinski definition) is 2. The Morgan fingerprint density at radius 1 is 1.33 bits per heavy atom. The number of aliphatic imine (C=N–C) groups is 2. The van der Waals surface area contributed by atoms with Crippen molar-refractivity contribution < 1.29 is 0 Å². The Kier molecular flexibility index (Phi) is 1.74. The Hall–Kier alpha value is -1.44. The third-order valence-corrected chi connectivity index (χ3v) is 2.04. The van der Waals surface area contributed by atoms with Crippen molar-refractivity contribution in [3.8, 4) is 0 Å². The highest BCUT2D eigenvalue weighted by Crippen LogP contribution is 2.19. The van der Waals surface area contributed by atoms with E-state index >= 15 is 0 Å². The Morgan fingerprint density at radius 2 is 2.25 bits per heavy atom. The van der Waals surface area contributed by atoms with Gasteiger partial charge in [-0.1, -0.05) is 18.2 Å². The number of hydrogen-bond donors (Lipinski definition) is 0. The van der Waals surface area contributed by atoms with E-state index in [0.29, 0.717) is 5.92 Å². The molecule has 2 heteroatoms. The monoisotopic (exact) mass is 158 g/mol. The molecule has 0 bridgehead atoms. The van der Waals surface area contributed by atoms with Gasteiger partial charge in [0.2, 0.25) is 0 Å². The van der Waals surface area contributed by atoms with Crippen molar-refractivity contribution in [2.24, 2.45) is 15.9 Å². The minimum absolute atomic E-state index is 0.331. The van der Waals surface area contributed by atoms with Gasteiger partial charge in [0.25, 0.3) is 0 Å². The van der Waals surface area contributed by atoms with E-state index in [9.17, 15) is 0 Å². The van der Waals surface area contributed by atoms with Crippen LogP contribution >= 0.6 is 0 Å². The topological polar surface area (TPSA) is 24.7 Å². The average Bonchev–Trinajstić information content (AvgIpc) is 2.29. The number of allylic oxidation sites excluding steroid dienone is 5. The molecule has 0 radical (unpaired) electrons. The van der Waals surface area contributed by atoms with Gasteiger partial charge in [-0.25, -0.2) is 9.98 Å². The summed E-state index contributed by atoms with van der Waals surface area (Å²) in [7, 11) is 0. The first-order valence-electron chi connectivity index (χ1n) is 3.99. The molecule has 0 fully saturated rings. The summed E-state index contributed by atoms with van der Waals surface area (Å²) in [5.41, 5.74) is 2.32. The Bertz CT molecular complexity index is 330. The molecule has 2 aliphatic rings. The first kappa shape index (κ1) is 7.22. The van der Waals surface area contributed by atoms with Gasteiger partial charge in [0.05, 0.1) is 5.71 Å². The second-order valence-electron chi connectivity index (χ2n) is 2.91. The van der Waals surface area contributed by atoms with Crippen molar-refractivity contribution in [2.75, 3.05) is 0 Å². The minimum atomic E-state index is 0.331. The van der Waals surface area contributed by atoms with Gasteiger partial charge in [0, 0.05) is 12.1 Å². The van der Waals surface area contributed by atoms with E-state index in [4.69, 9.17) is 0 Å². The second-order valence-corrected chi connectivity index (χ2v) is 2.91. The first-order chi connectivity index (χ1) is 5.88. The predicted molar refractivity (Wildman–Crippen MR) is 51.5 cm³/mol. The fourth-order valence-electron chi connectivity index (χ4n) is 1.37. The molecule has 1 aliphatic heterocycles. The van der Waals surface area contributed by atoms with E-state index in [0.717, 1.165) is 5.71 Å². The van der Waals surface area contributed by atoms with Crippen LogP contribution in [0.1, 0.15) is 6.92 Å². The maximum Gasteiger partial charge on any atom is 0.115 e. The summed E-state index contributed by atoms with van der Waals surface area (Å²) in [6.07, 6.45) is 11.7. The molecule has 0 aromatic heterocycles. The molecular formula is C10H10N2. The van der Waals surface area contributed by atoms with Crippen molar-refractivity contribution in [1.82, 2.24) is 0 Å². The fraction of sp³-hybridized carbons (Fsp3) is 0.200. The van der Waals surface area contributed by atoms with Crippen molar-refractivity contribution in [1.29, 1.82) is 0 Å². The zero-order valence-electron chi connectivity index (χ0n) is 6.94. The highest BCUT2D eigenvalue weighted by molar-refractivity contribution is 6.04. The van der Waals surface area contributed by atoms with E-state index in [1.165, 1.54) is 5.57 Å². The van der Waals surface area contributed by atoms with Crippen LogP contribution in [0.2, 0.25) is 0 Å². The van der Waals surface area contributed by atoms with Gasteiger partial charge in [0.1, 0.15) is 6.34 Å². The third-order valence-electron chi connectivity index (χ3n) is 2.04. The van der Waals surface area contributed by atoms with Crippen LogP contribution in [-0.4, -0.2) is 12.1 Å². The SMILES string of the molecule is CC1=CN=CN=C2C=CC=CC12. The number of fused-ring (bicyclic) bond motifs is 1. The summed E-state index contributed by atoms with van der Waals surface area (Å²) in [4.78, 5) is 8.26. The van der Waals surface area contributed by atoms with E-state index < -0.39 is 0 Å². The normalized spacial score (nSPS) is 25.9. The van der Waals surface area contributed by atoms with Crippen molar-refractivity contribution in [3.05, 3.63) is 36.1 Å². The zero-order chi connectivity index (χ0) is 8.39. The van der Waals surface area contributed by atoms with E-state index in [2.05, 4.69) is 23.0 Å². The number of rotatable bonds is 0. The summed E-state index contributed by atoms with van der Waals surface area (Å²) >= 11 is 0. The molecular weight excluding hydrogens is 148 g/mol. The first-order valence-corrected chi connectivity index (χ1v) is 3.99. The van der Waals surface area contributed by atoms with Crippen LogP contribution in [0.4, 0.5) is 0 Å². The van der Waals surface area contributed by atoms with Crippen molar-refractivity contribution in [3.63, 3.8) is 0 Å². The molecule has 0 aromatic carbocycles. The molecule has 0 aromatic rings. The summed E-state index contributed by atoms with van der Waals surface area (Å²) in [5.74, 6) is 0.331. The summed E-state index contributed by atoms with van der Waals surface area (Å²) < 4.78 is 0. The molecule has 0 saturated heterocycles. The maximum atomic E-state index is 4.23. The van der Waals surface area contributed by atoms with Crippen LogP contribution < -0.4 is 0 Å². The van der Waals surface area contributed by atoms with E-state index in [1.54, 1.807) is 6.34 Å². The lowest BCUT2D eigenvalue weighted by molar-refractivity contribution is 1.02. The van der Waals surface area contributed by atoms with Gasteiger partial charge in [0.15, 0.2) is 0 Å². The second kappa shape index (κ2) is 2.89. The molecule has 2 nitrogen and oxygen atoms in total. The van der Waals surface area contributed by atoms with Gasteiger partial charge >= 0.3 is 0 Å². The molecule has 1 aliphatic carbocycles. The molecule has 1 heterocycles. The molecule has 1 atom stereocenters. The lowest BCUT2D eigenvalue weighted by Crippen LogP contribution is -2.12. The van der Waals surface area contributed by atoms with E-state index in [1.807, 2.05) is 24.4 Å². The summed E-state index contributed by atoms with van der Waals surface area (Å²) in [5, 5.41) is 0. The largest absolute Gasteiger partial charge is 0.245 e. The van der Waals surface area contributed by atoms with Crippen molar-refractivity contribution >= 4 is 12.1 Å². The number of nitrogens with zero attached hydrogens (tertiary/aromatic N) is 2. The lowest BCUT2D eigenvalue weighted by Gasteiger charge is -2.13. The van der Waals surface area contributed by atoms with Crippen LogP contribution in [0.15, 0.2) is 46.1 Å². The van der Waals surface area contributed by atoms with Crippen LogP contribution in [-0.2, 0) is 0 Å². The standard InChI is InChI=1S/C10H10N2/c1-8-6-11-7-12-10-5-3-2-4-9(8)10/h2-7,9H,1H3. The van der Waals surface area contributed by atoms with Crippen LogP contribution in [0.5, 0.6) is 0 Å². The maximum absolute atomic E-state index is 4.23. The Balaban J connectivity index is 2.43. The predicted octanol–water partition coefficient (Wildman–Crippen LogP) is 2.12. The van der Waals surface area contributed by atoms with Crippen LogP contribution in [0.25, 0.3) is 0 Å². The molecule has 12 heavy (non-hydrogen) atoms. The molecule has 60 valence electrons. The quantitative estimate of drug-likeness (QED) is 0.516. The molecule has 0 saturated carbocycles. The molecule has 0 spiro atoms. The molecule has 0 N–H and O–H groups in total. The zero-order valence-corrected chi connectivity index (χ0v) is 6.94. The van der Waals surface area contributed by atoms with Crippen LogP contribution in [0.3, 0.4) is 0 Å². The third kappa shape index (κ3) is 1.16. The van der Waals surface area contributed by atoms with E-state index in [-0.39, 0.29) is 0 Å².